The molecule has 2 fully saturated rings. The highest BCUT2D eigenvalue weighted by atomic mass is 32.2. The van der Waals surface area contributed by atoms with Crippen molar-refractivity contribution in [3.05, 3.63) is 0 Å². The van der Waals surface area contributed by atoms with E-state index in [2.05, 4.69) is 0 Å². The summed E-state index contributed by atoms with van der Waals surface area (Å²) in [5, 5.41) is 9.15. The van der Waals surface area contributed by atoms with E-state index in [1.54, 1.807) is 0 Å². The number of carboxylic acid groups (broad SMARTS) is 1. The molecule has 2 saturated heterocycles. The maximum Gasteiger partial charge on any atom is 0.322 e. The molecule has 0 aromatic heterocycles. The monoisotopic (exact) mass is 276 g/mol. The molecule has 2 rings (SSSR count). The molecule has 1 N–H and O–H groups in total. The molecule has 0 aliphatic carbocycles. The van der Waals surface area contributed by atoms with Crippen molar-refractivity contribution in [2.75, 3.05) is 19.6 Å². The van der Waals surface area contributed by atoms with Crippen LogP contribution in [-0.4, -0.2) is 53.8 Å². The molecule has 18 heavy (non-hydrogen) atoms. The van der Waals surface area contributed by atoms with Crippen molar-refractivity contribution in [2.24, 2.45) is 0 Å². The van der Waals surface area contributed by atoms with Crippen molar-refractivity contribution in [3.63, 3.8) is 0 Å². The van der Waals surface area contributed by atoms with Gasteiger partial charge in [-0.15, -0.1) is 0 Å². The molecule has 0 spiro atoms. The minimum Gasteiger partial charge on any atom is -0.480 e. The summed E-state index contributed by atoms with van der Waals surface area (Å²) in [4.78, 5) is 11.2. The van der Waals surface area contributed by atoms with Crippen LogP contribution in [0.3, 0.4) is 0 Å². The fraction of sp³-hybridized carbons (Fsp3) is 0.909. The van der Waals surface area contributed by atoms with Gasteiger partial charge in [0.2, 0.25) is 0 Å². The van der Waals surface area contributed by atoms with E-state index in [-0.39, 0.29) is 0 Å². The molecule has 1 atom stereocenters. The number of carboxylic acids is 1. The molecular formula is C11H20N2O4S. The van der Waals surface area contributed by atoms with Crippen LogP contribution in [0, 0.1) is 0 Å². The highest BCUT2D eigenvalue weighted by molar-refractivity contribution is 7.86. The van der Waals surface area contributed by atoms with Gasteiger partial charge < -0.3 is 5.11 Å². The van der Waals surface area contributed by atoms with E-state index in [9.17, 15) is 13.2 Å². The lowest BCUT2D eigenvalue weighted by Gasteiger charge is -2.37. The highest BCUT2D eigenvalue weighted by Gasteiger charge is 2.40. The number of aliphatic carboxylic acids is 1. The minimum absolute atomic E-state index is 0.329. The van der Waals surface area contributed by atoms with Crippen molar-refractivity contribution >= 4 is 16.2 Å². The van der Waals surface area contributed by atoms with Crippen LogP contribution in [0.15, 0.2) is 0 Å². The molecular weight excluding hydrogens is 256 g/mol. The van der Waals surface area contributed by atoms with Crippen molar-refractivity contribution < 1.29 is 18.3 Å². The standard InChI is InChI=1S/C11H20N2O4S/c14-11(15)10-6-2-5-9-13(10)18(16,17)12-7-3-1-4-8-12/h10H,1-9H2,(H,14,15). The Balaban J connectivity index is 2.18. The van der Waals surface area contributed by atoms with Gasteiger partial charge in [-0.2, -0.15) is 17.0 Å². The molecule has 6 nitrogen and oxygen atoms in total. The van der Waals surface area contributed by atoms with Gasteiger partial charge in [0, 0.05) is 19.6 Å². The first-order chi connectivity index (χ1) is 8.53. The average Bonchev–Trinajstić information content (AvgIpc) is 2.39. The van der Waals surface area contributed by atoms with Gasteiger partial charge in [-0.3, -0.25) is 4.79 Å². The van der Waals surface area contributed by atoms with E-state index in [0.29, 0.717) is 26.1 Å². The SMILES string of the molecule is O=C(O)C1CCCCN1S(=O)(=O)N1CCCCC1. The van der Waals surface area contributed by atoms with Crippen LogP contribution in [0.1, 0.15) is 38.5 Å². The number of piperidine rings is 2. The maximum absolute atomic E-state index is 12.4. The third-order valence-corrected chi connectivity index (χ3v) is 5.72. The van der Waals surface area contributed by atoms with Crippen molar-refractivity contribution in [3.8, 4) is 0 Å². The number of rotatable bonds is 3. The summed E-state index contributed by atoms with van der Waals surface area (Å²) in [6.07, 6.45) is 4.73. The molecule has 1 unspecified atom stereocenters. The molecule has 2 aliphatic heterocycles. The highest BCUT2D eigenvalue weighted by Crippen LogP contribution is 2.24. The quantitative estimate of drug-likeness (QED) is 0.821. The second kappa shape index (κ2) is 5.54. The molecule has 0 aromatic rings. The van der Waals surface area contributed by atoms with Gasteiger partial charge in [0.25, 0.3) is 10.2 Å². The lowest BCUT2D eigenvalue weighted by Crippen LogP contribution is -2.54. The van der Waals surface area contributed by atoms with E-state index < -0.39 is 22.2 Å². The molecule has 0 radical (unpaired) electrons. The third kappa shape index (κ3) is 2.67. The van der Waals surface area contributed by atoms with Crippen LogP contribution < -0.4 is 0 Å². The average molecular weight is 276 g/mol. The summed E-state index contributed by atoms with van der Waals surface area (Å²) >= 11 is 0. The summed E-state index contributed by atoms with van der Waals surface area (Å²) in [6, 6.07) is -0.884. The van der Waals surface area contributed by atoms with Gasteiger partial charge in [-0.25, -0.2) is 0 Å². The minimum atomic E-state index is -3.59. The van der Waals surface area contributed by atoms with Crippen LogP contribution in [0.5, 0.6) is 0 Å². The van der Waals surface area contributed by atoms with Crippen molar-refractivity contribution in [2.45, 2.75) is 44.6 Å². The second-order valence-corrected chi connectivity index (χ2v) is 6.81. The van der Waals surface area contributed by atoms with E-state index in [0.717, 1.165) is 32.1 Å². The van der Waals surface area contributed by atoms with Crippen LogP contribution in [0.4, 0.5) is 0 Å². The van der Waals surface area contributed by atoms with Crippen LogP contribution in [-0.2, 0) is 15.0 Å². The van der Waals surface area contributed by atoms with Gasteiger partial charge in [-0.1, -0.05) is 6.42 Å². The summed E-state index contributed by atoms with van der Waals surface area (Å²) in [5.74, 6) is -1.03. The Kier molecular flexibility index (Phi) is 4.24. The molecule has 0 amide bonds. The fourth-order valence-corrected chi connectivity index (χ4v) is 4.57. The number of carbonyl (C=O) groups is 1. The Bertz CT molecular complexity index is 403. The van der Waals surface area contributed by atoms with Crippen LogP contribution in [0.25, 0.3) is 0 Å². The zero-order valence-corrected chi connectivity index (χ0v) is 11.2. The summed E-state index contributed by atoms with van der Waals surface area (Å²) in [7, 11) is -3.59. The van der Waals surface area contributed by atoms with Gasteiger partial charge in [-0.05, 0) is 32.1 Å². The zero-order valence-electron chi connectivity index (χ0n) is 10.4. The van der Waals surface area contributed by atoms with Crippen molar-refractivity contribution in [1.29, 1.82) is 0 Å². The topological polar surface area (TPSA) is 77.9 Å². The molecule has 104 valence electrons. The Hall–Kier alpha value is -0.660. The maximum atomic E-state index is 12.4. The molecule has 7 heteroatoms. The van der Waals surface area contributed by atoms with Crippen LogP contribution >= 0.6 is 0 Å². The third-order valence-electron chi connectivity index (χ3n) is 3.68. The fourth-order valence-electron chi connectivity index (χ4n) is 2.67. The number of hydrogen-bond acceptors (Lipinski definition) is 3. The van der Waals surface area contributed by atoms with Gasteiger partial charge in [0.05, 0.1) is 0 Å². The predicted molar refractivity (Wildman–Crippen MR) is 66.3 cm³/mol. The Morgan fingerprint density at radius 2 is 1.61 bits per heavy atom. The van der Waals surface area contributed by atoms with Gasteiger partial charge in [0.1, 0.15) is 6.04 Å². The zero-order chi connectivity index (χ0) is 13.2. The molecule has 0 bridgehead atoms. The summed E-state index contributed by atoms with van der Waals surface area (Å²) in [5.41, 5.74) is 0. The number of hydrogen-bond donors (Lipinski definition) is 1. The first-order valence-corrected chi connectivity index (χ1v) is 7.93. The smallest absolute Gasteiger partial charge is 0.322 e. The molecule has 2 aliphatic rings. The second-order valence-electron chi connectivity index (χ2n) is 4.93. The Morgan fingerprint density at radius 3 is 2.22 bits per heavy atom. The molecule has 2 heterocycles. The summed E-state index contributed by atoms with van der Waals surface area (Å²) in [6.45, 7) is 1.37. The van der Waals surface area contributed by atoms with E-state index in [1.165, 1.54) is 8.61 Å². The lowest BCUT2D eigenvalue weighted by atomic mass is 10.1. The Labute approximate surface area is 108 Å². The van der Waals surface area contributed by atoms with Crippen molar-refractivity contribution in [1.82, 2.24) is 8.61 Å². The molecule has 0 aromatic carbocycles. The predicted octanol–water partition coefficient (Wildman–Crippen LogP) is 0.656. The van der Waals surface area contributed by atoms with Gasteiger partial charge >= 0.3 is 5.97 Å². The Morgan fingerprint density at radius 1 is 1.00 bits per heavy atom. The largest absolute Gasteiger partial charge is 0.480 e. The van der Waals surface area contributed by atoms with E-state index >= 15 is 0 Å². The van der Waals surface area contributed by atoms with E-state index in [4.69, 9.17) is 5.11 Å². The van der Waals surface area contributed by atoms with Crippen LogP contribution in [0.2, 0.25) is 0 Å². The normalized spacial score (nSPS) is 28.1. The first-order valence-electron chi connectivity index (χ1n) is 6.53. The molecule has 0 saturated carbocycles. The lowest BCUT2D eigenvalue weighted by molar-refractivity contribution is -0.142. The van der Waals surface area contributed by atoms with E-state index in [1.807, 2.05) is 0 Å². The number of nitrogens with zero attached hydrogens (tertiary/aromatic N) is 2. The summed E-state index contributed by atoms with van der Waals surface area (Å²) < 4.78 is 27.5. The first kappa shape index (κ1) is 13.8. The van der Waals surface area contributed by atoms with Gasteiger partial charge in [0.15, 0.2) is 0 Å².